The van der Waals surface area contributed by atoms with Gasteiger partial charge in [0.2, 0.25) is 0 Å². The summed E-state index contributed by atoms with van der Waals surface area (Å²) < 4.78 is 5.30. The maximum absolute atomic E-state index is 10.4. The van der Waals surface area contributed by atoms with E-state index < -0.39 is 12.0 Å². The van der Waals surface area contributed by atoms with Crippen molar-refractivity contribution < 1.29 is 14.6 Å². The number of carbonyl (C=O) groups is 1. The molecule has 1 aromatic carbocycles. The van der Waals surface area contributed by atoms with Crippen LogP contribution in [0.1, 0.15) is 12.0 Å². The van der Waals surface area contributed by atoms with E-state index in [-0.39, 0.29) is 0 Å². The van der Waals surface area contributed by atoms with Crippen molar-refractivity contribution in [1.29, 1.82) is 0 Å². The van der Waals surface area contributed by atoms with E-state index >= 15 is 0 Å². The predicted octanol–water partition coefficient (Wildman–Crippen LogP) is 1.01. The Morgan fingerprint density at radius 2 is 2.07 bits per heavy atom. The van der Waals surface area contributed by atoms with Crippen LogP contribution in [0.5, 0.6) is 0 Å². The molecule has 0 heterocycles. The zero-order valence-corrected chi connectivity index (χ0v) is 8.43. The largest absolute Gasteiger partial charge is 0.480 e. The summed E-state index contributed by atoms with van der Waals surface area (Å²) in [6.07, 6.45) is 0.335. The van der Waals surface area contributed by atoms with Crippen LogP contribution in [-0.4, -0.2) is 23.7 Å². The van der Waals surface area contributed by atoms with Crippen molar-refractivity contribution >= 4 is 5.97 Å². The van der Waals surface area contributed by atoms with E-state index in [0.717, 1.165) is 5.56 Å². The first kappa shape index (κ1) is 11.7. The Labute approximate surface area is 88.7 Å². The average molecular weight is 209 g/mol. The van der Waals surface area contributed by atoms with Gasteiger partial charge >= 0.3 is 5.97 Å². The standard InChI is InChI=1S/C11H15NO3/c12-10(11(13)14)6-7-15-8-9-4-2-1-3-5-9/h1-5,10H,6-8,12H2,(H,13,14)/t10-/m0/s1. The van der Waals surface area contributed by atoms with Crippen molar-refractivity contribution in [2.75, 3.05) is 6.61 Å². The molecule has 4 heteroatoms. The van der Waals surface area contributed by atoms with E-state index in [9.17, 15) is 4.79 Å². The highest BCUT2D eigenvalue weighted by Gasteiger charge is 2.10. The van der Waals surface area contributed by atoms with Gasteiger partial charge in [-0.3, -0.25) is 4.79 Å². The van der Waals surface area contributed by atoms with Crippen LogP contribution in [-0.2, 0) is 16.1 Å². The Hall–Kier alpha value is -1.39. The van der Waals surface area contributed by atoms with Gasteiger partial charge in [-0.25, -0.2) is 0 Å². The van der Waals surface area contributed by atoms with Crippen LogP contribution in [0, 0.1) is 0 Å². The van der Waals surface area contributed by atoms with Crippen LogP contribution in [0.15, 0.2) is 30.3 Å². The number of aliphatic carboxylic acids is 1. The smallest absolute Gasteiger partial charge is 0.320 e. The highest BCUT2D eigenvalue weighted by atomic mass is 16.5. The van der Waals surface area contributed by atoms with Gasteiger partial charge in [0.1, 0.15) is 6.04 Å². The molecule has 0 saturated heterocycles. The summed E-state index contributed by atoms with van der Waals surface area (Å²) in [5, 5.41) is 8.52. The summed E-state index contributed by atoms with van der Waals surface area (Å²) in [6.45, 7) is 0.857. The van der Waals surface area contributed by atoms with E-state index in [4.69, 9.17) is 15.6 Å². The van der Waals surface area contributed by atoms with Crippen molar-refractivity contribution in [2.45, 2.75) is 19.1 Å². The monoisotopic (exact) mass is 209 g/mol. The van der Waals surface area contributed by atoms with Crippen LogP contribution < -0.4 is 5.73 Å². The summed E-state index contributed by atoms with van der Waals surface area (Å²) in [5.74, 6) is -0.988. The van der Waals surface area contributed by atoms with Crippen molar-refractivity contribution in [1.82, 2.24) is 0 Å². The first-order chi connectivity index (χ1) is 7.20. The number of hydrogen-bond donors (Lipinski definition) is 2. The Morgan fingerprint density at radius 3 is 2.67 bits per heavy atom. The third-order valence-corrected chi connectivity index (χ3v) is 2.00. The second kappa shape index (κ2) is 6.16. The van der Waals surface area contributed by atoms with Gasteiger partial charge in [0.25, 0.3) is 0 Å². The lowest BCUT2D eigenvalue weighted by Gasteiger charge is -2.07. The molecule has 15 heavy (non-hydrogen) atoms. The number of nitrogens with two attached hydrogens (primary N) is 1. The van der Waals surface area contributed by atoms with Gasteiger partial charge in [-0.2, -0.15) is 0 Å². The summed E-state index contributed by atoms with van der Waals surface area (Å²) in [4.78, 5) is 10.4. The molecular formula is C11H15NO3. The minimum atomic E-state index is -0.988. The van der Waals surface area contributed by atoms with E-state index in [1.54, 1.807) is 0 Å². The molecule has 0 aromatic heterocycles. The van der Waals surface area contributed by atoms with Crippen molar-refractivity contribution in [3.8, 4) is 0 Å². The SMILES string of the molecule is N[C@@H](CCOCc1ccccc1)C(=O)O. The Bertz CT molecular complexity index is 300. The van der Waals surface area contributed by atoms with Gasteiger partial charge in [-0.1, -0.05) is 30.3 Å². The number of hydrogen-bond acceptors (Lipinski definition) is 3. The van der Waals surface area contributed by atoms with Crippen LogP contribution in [0.25, 0.3) is 0 Å². The molecule has 0 aliphatic carbocycles. The van der Waals surface area contributed by atoms with E-state index in [2.05, 4.69) is 0 Å². The Morgan fingerprint density at radius 1 is 1.40 bits per heavy atom. The molecule has 0 amide bonds. The molecule has 0 spiro atoms. The van der Waals surface area contributed by atoms with Crippen LogP contribution in [0.3, 0.4) is 0 Å². The Balaban J connectivity index is 2.15. The molecule has 0 aliphatic rings. The first-order valence-electron chi connectivity index (χ1n) is 4.80. The van der Waals surface area contributed by atoms with Gasteiger partial charge < -0.3 is 15.6 Å². The first-order valence-corrected chi connectivity index (χ1v) is 4.80. The summed E-state index contributed by atoms with van der Waals surface area (Å²) in [6, 6.07) is 8.88. The molecule has 0 unspecified atom stereocenters. The number of benzene rings is 1. The summed E-state index contributed by atoms with van der Waals surface area (Å²) in [7, 11) is 0. The second-order valence-electron chi connectivity index (χ2n) is 3.27. The summed E-state index contributed by atoms with van der Waals surface area (Å²) in [5.41, 5.74) is 6.39. The topological polar surface area (TPSA) is 72.5 Å². The van der Waals surface area contributed by atoms with Crippen molar-refractivity contribution in [3.63, 3.8) is 0 Å². The third-order valence-electron chi connectivity index (χ3n) is 2.00. The zero-order valence-electron chi connectivity index (χ0n) is 8.43. The molecular weight excluding hydrogens is 194 g/mol. The number of carboxylic acids is 1. The quantitative estimate of drug-likeness (QED) is 0.686. The van der Waals surface area contributed by atoms with Gasteiger partial charge in [0.15, 0.2) is 0 Å². The van der Waals surface area contributed by atoms with Gasteiger partial charge in [0.05, 0.1) is 6.61 Å². The molecule has 0 aliphatic heterocycles. The van der Waals surface area contributed by atoms with Gasteiger partial charge in [0, 0.05) is 6.61 Å². The molecule has 1 aromatic rings. The average Bonchev–Trinajstić information content (AvgIpc) is 2.25. The minimum Gasteiger partial charge on any atom is -0.480 e. The van der Waals surface area contributed by atoms with E-state index in [1.165, 1.54) is 0 Å². The highest BCUT2D eigenvalue weighted by Crippen LogP contribution is 2.01. The fraction of sp³-hybridized carbons (Fsp3) is 0.364. The molecule has 3 N–H and O–H groups in total. The van der Waals surface area contributed by atoms with Crippen LogP contribution in [0.4, 0.5) is 0 Å². The van der Waals surface area contributed by atoms with Gasteiger partial charge in [-0.15, -0.1) is 0 Å². The van der Waals surface area contributed by atoms with Gasteiger partial charge in [-0.05, 0) is 12.0 Å². The summed E-state index contributed by atoms with van der Waals surface area (Å²) >= 11 is 0. The lowest BCUT2D eigenvalue weighted by Crippen LogP contribution is -2.31. The van der Waals surface area contributed by atoms with E-state index in [1.807, 2.05) is 30.3 Å². The molecule has 0 radical (unpaired) electrons. The number of carboxylic acid groups (broad SMARTS) is 1. The second-order valence-corrected chi connectivity index (χ2v) is 3.27. The van der Waals surface area contributed by atoms with Crippen LogP contribution >= 0.6 is 0 Å². The Kier molecular flexibility index (Phi) is 4.80. The zero-order chi connectivity index (χ0) is 11.1. The normalized spacial score (nSPS) is 12.3. The van der Waals surface area contributed by atoms with E-state index in [0.29, 0.717) is 19.6 Å². The fourth-order valence-corrected chi connectivity index (χ4v) is 1.10. The number of rotatable bonds is 6. The molecule has 0 fully saturated rings. The minimum absolute atomic E-state index is 0.335. The maximum atomic E-state index is 10.4. The maximum Gasteiger partial charge on any atom is 0.320 e. The lowest BCUT2D eigenvalue weighted by atomic mass is 10.2. The molecule has 1 rings (SSSR count). The molecule has 0 bridgehead atoms. The highest BCUT2D eigenvalue weighted by molar-refractivity contribution is 5.72. The number of ether oxygens (including phenoxy) is 1. The fourth-order valence-electron chi connectivity index (χ4n) is 1.10. The molecule has 0 saturated carbocycles. The molecule has 4 nitrogen and oxygen atoms in total. The lowest BCUT2D eigenvalue weighted by molar-refractivity contribution is -0.139. The van der Waals surface area contributed by atoms with Crippen molar-refractivity contribution in [2.24, 2.45) is 5.73 Å². The predicted molar refractivity (Wildman–Crippen MR) is 56.3 cm³/mol. The molecule has 1 atom stereocenters. The van der Waals surface area contributed by atoms with Crippen molar-refractivity contribution in [3.05, 3.63) is 35.9 Å². The third kappa shape index (κ3) is 4.58. The van der Waals surface area contributed by atoms with Crippen LogP contribution in [0.2, 0.25) is 0 Å². The molecule has 82 valence electrons.